The summed E-state index contributed by atoms with van der Waals surface area (Å²) in [6, 6.07) is 7.12. The standard InChI is InChI=1S/C23H24O4/c1-14-9-18(10-15(2)22(14)26)5-7-20(24)13-21(25)8-6-19-11-16(3)23(27)17(4)12-19/h5-12,26-27H,13H2,1-4H3/b7-5+,8-6+. The molecule has 0 saturated heterocycles. The lowest BCUT2D eigenvalue weighted by Crippen LogP contribution is -2.02. The van der Waals surface area contributed by atoms with Crippen molar-refractivity contribution < 1.29 is 19.8 Å². The Labute approximate surface area is 159 Å². The maximum absolute atomic E-state index is 12.0. The number of aryl methyl sites for hydroxylation is 4. The van der Waals surface area contributed by atoms with Crippen LogP contribution in [0.4, 0.5) is 0 Å². The topological polar surface area (TPSA) is 74.6 Å². The Morgan fingerprint density at radius 2 is 1.00 bits per heavy atom. The summed E-state index contributed by atoms with van der Waals surface area (Å²) in [5, 5.41) is 19.5. The molecule has 0 radical (unpaired) electrons. The highest BCUT2D eigenvalue weighted by atomic mass is 16.3. The van der Waals surface area contributed by atoms with Gasteiger partial charge in [-0.1, -0.05) is 12.2 Å². The highest BCUT2D eigenvalue weighted by molar-refractivity contribution is 6.10. The van der Waals surface area contributed by atoms with E-state index in [2.05, 4.69) is 0 Å². The molecular weight excluding hydrogens is 340 g/mol. The van der Waals surface area contributed by atoms with Crippen molar-refractivity contribution in [3.8, 4) is 11.5 Å². The van der Waals surface area contributed by atoms with Crippen LogP contribution in [-0.2, 0) is 9.59 Å². The average molecular weight is 364 g/mol. The van der Waals surface area contributed by atoms with E-state index in [1.807, 2.05) is 0 Å². The number of carbonyl (C=O) groups is 2. The number of hydrogen-bond acceptors (Lipinski definition) is 4. The van der Waals surface area contributed by atoms with Gasteiger partial charge in [-0.2, -0.15) is 0 Å². The predicted molar refractivity (Wildman–Crippen MR) is 108 cm³/mol. The van der Waals surface area contributed by atoms with Crippen LogP contribution in [0, 0.1) is 27.7 Å². The number of ketones is 2. The number of carbonyl (C=O) groups excluding carboxylic acids is 2. The molecule has 0 spiro atoms. The number of phenolic OH excluding ortho intramolecular Hbond substituents is 2. The van der Waals surface area contributed by atoms with Crippen LogP contribution in [0.3, 0.4) is 0 Å². The van der Waals surface area contributed by atoms with E-state index < -0.39 is 0 Å². The maximum atomic E-state index is 12.0. The fourth-order valence-electron chi connectivity index (χ4n) is 2.84. The Hall–Kier alpha value is -3.14. The van der Waals surface area contributed by atoms with Gasteiger partial charge in [-0.3, -0.25) is 9.59 Å². The number of phenols is 2. The van der Waals surface area contributed by atoms with Crippen molar-refractivity contribution in [2.45, 2.75) is 34.1 Å². The van der Waals surface area contributed by atoms with E-state index in [1.54, 1.807) is 64.1 Å². The van der Waals surface area contributed by atoms with Crippen molar-refractivity contribution in [3.05, 3.63) is 69.8 Å². The molecule has 0 aliphatic rings. The van der Waals surface area contributed by atoms with Gasteiger partial charge in [-0.25, -0.2) is 0 Å². The molecule has 140 valence electrons. The summed E-state index contributed by atoms with van der Waals surface area (Å²) >= 11 is 0. The van der Waals surface area contributed by atoms with Crippen LogP contribution in [0.1, 0.15) is 39.8 Å². The summed E-state index contributed by atoms with van der Waals surface area (Å²) in [5.41, 5.74) is 4.55. The Bertz CT molecular complexity index is 825. The summed E-state index contributed by atoms with van der Waals surface area (Å²) in [6.07, 6.45) is 5.84. The highest BCUT2D eigenvalue weighted by Crippen LogP contribution is 2.24. The molecule has 0 amide bonds. The zero-order valence-electron chi connectivity index (χ0n) is 16.0. The minimum atomic E-state index is -0.286. The number of allylic oxidation sites excluding steroid dienone is 2. The lowest BCUT2D eigenvalue weighted by Gasteiger charge is -2.04. The van der Waals surface area contributed by atoms with Gasteiger partial charge in [-0.05, 0) is 97.5 Å². The summed E-state index contributed by atoms with van der Waals surface area (Å²) in [6.45, 7) is 7.18. The van der Waals surface area contributed by atoms with Crippen molar-refractivity contribution in [1.29, 1.82) is 0 Å². The van der Waals surface area contributed by atoms with Gasteiger partial charge in [0.25, 0.3) is 0 Å². The molecular formula is C23H24O4. The van der Waals surface area contributed by atoms with E-state index in [4.69, 9.17) is 0 Å². The Morgan fingerprint density at radius 1 is 0.704 bits per heavy atom. The molecule has 2 aromatic carbocycles. The molecule has 0 bridgehead atoms. The third-order valence-electron chi connectivity index (χ3n) is 4.30. The fourth-order valence-corrected chi connectivity index (χ4v) is 2.84. The average Bonchev–Trinajstić information content (AvgIpc) is 2.60. The van der Waals surface area contributed by atoms with Gasteiger partial charge in [-0.15, -0.1) is 0 Å². The minimum Gasteiger partial charge on any atom is -0.507 e. The second-order valence-corrected chi connectivity index (χ2v) is 6.78. The van der Waals surface area contributed by atoms with E-state index in [1.165, 1.54) is 12.2 Å². The first-order chi connectivity index (χ1) is 12.7. The molecule has 27 heavy (non-hydrogen) atoms. The first-order valence-corrected chi connectivity index (χ1v) is 8.69. The predicted octanol–water partition coefficient (Wildman–Crippen LogP) is 4.59. The Balaban J connectivity index is 2.00. The molecule has 0 unspecified atom stereocenters. The van der Waals surface area contributed by atoms with Crippen LogP contribution < -0.4 is 0 Å². The largest absolute Gasteiger partial charge is 0.507 e. The third-order valence-corrected chi connectivity index (χ3v) is 4.30. The van der Waals surface area contributed by atoms with E-state index in [0.717, 1.165) is 33.4 Å². The van der Waals surface area contributed by atoms with Gasteiger partial charge in [0, 0.05) is 0 Å². The van der Waals surface area contributed by atoms with E-state index in [9.17, 15) is 19.8 Å². The van der Waals surface area contributed by atoms with Crippen LogP contribution in [0.15, 0.2) is 36.4 Å². The number of benzene rings is 2. The van der Waals surface area contributed by atoms with Crippen LogP contribution >= 0.6 is 0 Å². The molecule has 0 aromatic heterocycles. The zero-order chi connectivity index (χ0) is 20.1. The van der Waals surface area contributed by atoms with Crippen LogP contribution in [0.2, 0.25) is 0 Å². The number of hydrogen-bond donors (Lipinski definition) is 2. The summed E-state index contributed by atoms with van der Waals surface area (Å²) in [4.78, 5) is 24.0. The molecule has 0 aliphatic carbocycles. The monoisotopic (exact) mass is 364 g/mol. The van der Waals surface area contributed by atoms with Gasteiger partial charge in [0.05, 0.1) is 6.42 Å². The van der Waals surface area contributed by atoms with Gasteiger partial charge >= 0.3 is 0 Å². The lowest BCUT2D eigenvalue weighted by molar-refractivity contribution is -0.121. The van der Waals surface area contributed by atoms with Gasteiger partial charge < -0.3 is 10.2 Å². The molecule has 4 nitrogen and oxygen atoms in total. The van der Waals surface area contributed by atoms with Gasteiger partial charge in [0.1, 0.15) is 11.5 Å². The number of aromatic hydroxyl groups is 2. The maximum Gasteiger partial charge on any atom is 0.163 e. The lowest BCUT2D eigenvalue weighted by atomic mass is 10.0. The van der Waals surface area contributed by atoms with Gasteiger partial charge in [0.15, 0.2) is 11.6 Å². The van der Waals surface area contributed by atoms with Crippen molar-refractivity contribution in [1.82, 2.24) is 0 Å². The van der Waals surface area contributed by atoms with Crippen LogP contribution in [0.5, 0.6) is 11.5 Å². The summed E-state index contributed by atoms with van der Waals surface area (Å²) < 4.78 is 0. The molecule has 0 atom stereocenters. The first kappa shape index (κ1) is 20.2. The fraction of sp³-hybridized carbons (Fsp3) is 0.217. The molecule has 2 N–H and O–H groups in total. The SMILES string of the molecule is Cc1cc(/C=C/C(=O)CC(=O)/C=C/c2cc(C)c(O)c(C)c2)cc(C)c1O. The van der Waals surface area contributed by atoms with E-state index >= 15 is 0 Å². The van der Waals surface area contributed by atoms with Crippen molar-refractivity contribution in [2.75, 3.05) is 0 Å². The molecule has 2 rings (SSSR count). The Morgan fingerprint density at radius 3 is 1.30 bits per heavy atom. The normalized spacial score (nSPS) is 11.4. The second kappa shape index (κ2) is 8.49. The zero-order valence-corrected chi connectivity index (χ0v) is 16.0. The third kappa shape index (κ3) is 5.42. The van der Waals surface area contributed by atoms with Crippen molar-refractivity contribution >= 4 is 23.7 Å². The Kier molecular flexibility index (Phi) is 6.35. The van der Waals surface area contributed by atoms with Crippen LogP contribution in [-0.4, -0.2) is 21.8 Å². The van der Waals surface area contributed by atoms with Gasteiger partial charge in [0.2, 0.25) is 0 Å². The summed E-state index contributed by atoms with van der Waals surface area (Å²) in [7, 11) is 0. The van der Waals surface area contributed by atoms with Crippen LogP contribution in [0.25, 0.3) is 12.2 Å². The van der Waals surface area contributed by atoms with E-state index in [-0.39, 0.29) is 29.5 Å². The first-order valence-electron chi connectivity index (χ1n) is 8.69. The summed E-state index contributed by atoms with van der Waals surface area (Å²) in [5.74, 6) is -0.0748. The quantitative estimate of drug-likeness (QED) is 0.581. The second-order valence-electron chi connectivity index (χ2n) is 6.78. The van der Waals surface area contributed by atoms with E-state index in [0.29, 0.717) is 0 Å². The van der Waals surface area contributed by atoms with Crippen molar-refractivity contribution in [3.63, 3.8) is 0 Å². The molecule has 2 aromatic rings. The molecule has 0 aliphatic heterocycles. The molecule has 0 heterocycles. The molecule has 4 heteroatoms. The van der Waals surface area contributed by atoms with Crippen molar-refractivity contribution in [2.24, 2.45) is 0 Å². The minimum absolute atomic E-state index is 0.209. The highest BCUT2D eigenvalue weighted by Gasteiger charge is 2.06. The molecule has 0 fully saturated rings. The molecule has 0 saturated carbocycles. The smallest absolute Gasteiger partial charge is 0.163 e. The number of rotatable bonds is 6.